The minimum absolute atomic E-state index is 0.330. The average molecular weight is 494 g/mol. The zero-order chi connectivity index (χ0) is 25.8. The SMILES string of the molecule is COc1ccc2cc(-c3cc(C(=O)OCC(=O)NC4(C#N)CCCCC4)c4ccccc4n3)ccc2c1. The average Bonchev–Trinajstić information content (AvgIpc) is 2.95. The van der Waals surface area contributed by atoms with Gasteiger partial charge in [-0.05, 0) is 53.9 Å². The van der Waals surface area contributed by atoms with Crippen molar-refractivity contribution in [3.8, 4) is 23.1 Å². The van der Waals surface area contributed by atoms with Crippen molar-refractivity contribution < 1.29 is 19.1 Å². The molecule has 1 fully saturated rings. The van der Waals surface area contributed by atoms with Crippen molar-refractivity contribution in [1.29, 1.82) is 5.26 Å². The maximum Gasteiger partial charge on any atom is 0.339 e. The molecular formula is C30H27N3O4. The topological polar surface area (TPSA) is 101 Å². The Hall–Kier alpha value is -4.44. The van der Waals surface area contributed by atoms with Crippen LogP contribution >= 0.6 is 0 Å². The zero-order valence-electron chi connectivity index (χ0n) is 20.6. The Morgan fingerprint density at radius 2 is 1.76 bits per heavy atom. The summed E-state index contributed by atoms with van der Waals surface area (Å²) >= 11 is 0. The number of nitriles is 1. The Labute approximate surface area is 215 Å². The zero-order valence-corrected chi connectivity index (χ0v) is 20.6. The summed E-state index contributed by atoms with van der Waals surface area (Å²) in [6.07, 6.45) is 4.06. The van der Waals surface area contributed by atoms with Gasteiger partial charge in [0.05, 0.1) is 30.0 Å². The molecule has 0 unspecified atom stereocenters. The molecule has 1 aliphatic carbocycles. The Morgan fingerprint density at radius 1 is 1.00 bits per heavy atom. The monoisotopic (exact) mass is 493 g/mol. The maximum absolute atomic E-state index is 13.2. The first kappa shape index (κ1) is 24.3. The third-order valence-corrected chi connectivity index (χ3v) is 6.91. The van der Waals surface area contributed by atoms with E-state index in [0.29, 0.717) is 35.0 Å². The van der Waals surface area contributed by atoms with Crippen molar-refractivity contribution in [2.75, 3.05) is 13.7 Å². The van der Waals surface area contributed by atoms with Crippen molar-refractivity contribution in [2.45, 2.75) is 37.6 Å². The standard InChI is InChI=1S/C30H27N3O4/c1-36-23-12-11-20-15-22(10-9-21(20)16-23)27-17-25(24-7-3-4-8-26(24)32-27)29(35)37-18-28(34)33-30(19-31)13-5-2-6-14-30/h3-4,7-12,15-17H,2,5-6,13-14,18H2,1H3,(H,33,34). The lowest BCUT2D eigenvalue weighted by Gasteiger charge is -2.31. The predicted molar refractivity (Wildman–Crippen MR) is 141 cm³/mol. The molecule has 1 aromatic heterocycles. The first-order chi connectivity index (χ1) is 18.0. The van der Waals surface area contributed by atoms with Gasteiger partial charge in [0.15, 0.2) is 6.61 Å². The molecule has 1 heterocycles. The van der Waals surface area contributed by atoms with E-state index in [1.54, 1.807) is 13.2 Å². The van der Waals surface area contributed by atoms with Crippen molar-refractivity contribution >= 4 is 33.6 Å². The third kappa shape index (κ3) is 5.10. The lowest BCUT2D eigenvalue weighted by Crippen LogP contribution is -2.50. The number of nitrogens with one attached hydrogen (secondary N) is 1. The molecule has 0 atom stereocenters. The molecule has 1 amide bonds. The molecule has 4 aromatic rings. The first-order valence-corrected chi connectivity index (χ1v) is 12.4. The van der Waals surface area contributed by atoms with Crippen LogP contribution in [0.3, 0.4) is 0 Å². The van der Waals surface area contributed by atoms with Crippen LogP contribution in [0, 0.1) is 11.3 Å². The highest BCUT2D eigenvalue weighted by Gasteiger charge is 2.33. The van der Waals surface area contributed by atoms with E-state index in [-0.39, 0.29) is 0 Å². The minimum atomic E-state index is -0.877. The largest absolute Gasteiger partial charge is 0.497 e. The van der Waals surface area contributed by atoms with Crippen molar-refractivity contribution in [3.63, 3.8) is 0 Å². The summed E-state index contributed by atoms with van der Waals surface area (Å²) in [4.78, 5) is 30.5. The van der Waals surface area contributed by atoms with E-state index in [1.165, 1.54) is 0 Å². The van der Waals surface area contributed by atoms with Gasteiger partial charge in [0, 0.05) is 10.9 Å². The minimum Gasteiger partial charge on any atom is -0.497 e. The van der Waals surface area contributed by atoms with Gasteiger partial charge in [0.1, 0.15) is 11.3 Å². The van der Waals surface area contributed by atoms with Gasteiger partial charge in [0.25, 0.3) is 5.91 Å². The fraction of sp³-hybridized carbons (Fsp3) is 0.267. The summed E-state index contributed by atoms with van der Waals surface area (Å²) in [5.41, 5.74) is 1.58. The number of carbonyl (C=O) groups is 2. The number of methoxy groups -OCH3 is 1. The molecule has 1 N–H and O–H groups in total. The molecule has 7 nitrogen and oxygen atoms in total. The molecule has 0 radical (unpaired) electrons. The molecule has 0 saturated heterocycles. The van der Waals surface area contributed by atoms with Gasteiger partial charge in [0.2, 0.25) is 0 Å². The van der Waals surface area contributed by atoms with Crippen LogP contribution in [-0.4, -0.2) is 36.1 Å². The number of rotatable bonds is 6. The molecule has 0 spiro atoms. The lowest BCUT2D eigenvalue weighted by molar-refractivity contribution is -0.125. The van der Waals surface area contributed by atoms with Crippen LogP contribution in [0.2, 0.25) is 0 Å². The van der Waals surface area contributed by atoms with Crippen molar-refractivity contribution in [3.05, 3.63) is 72.3 Å². The molecule has 7 heteroatoms. The number of fused-ring (bicyclic) bond motifs is 2. The maximum atomic E-state index is 13.2. The summed E-state index contributed by atoms with van der Waals surface area (Å²) in [6.45, 7) is -0.452. The number of carbonyl (C=O) groups excluding carboxylic acids is 2. The highest BCUT2D eigenvalue weighted by atomic mass is 16.5. The van der Waals surface area contributed by atoms with Gasteiger partial charge in [-0.1, -0.05) is 55.7 Å². The molecule has 1 aliphatic rings. The number of pyridine rings is 1. The van der Waals surface area contributed by atoms with Gasteiger partial charge in [-0.15, -0.1) is 0 Å². The predicted octanol–water partition coefficient (Wildman–Crippen LogP) is 5.56. The smallest absolute Gasteiger partial charge is 0.339 e. The highest BCUT2D eigenvalue weighted by molar-refractivity contribution is 6.05. The second kappa shape index (κ2) is 10.3. The van der Waals surface area contributed by atoms with Gasteiger partial charge >= 0.3 is 5.97 Å². The molecular weight excluding hydrogens is 466 g/mol. The summed E-state index contributed by atoms with van der Waals surface area (Å²) in [5.74, 6) is -0.308. The van der Waals surface area contributed by atoms with Crippen LogP contribution in [-0.2, 0) is 9.53 Å². The highest BCUT2D eigenvalue weighted by Crippen LogP contribution is 2.30. The van der Waals surface area contributed by atoms with E-state index in [4.69, 9.17) is 14.5 Å². The number of hydrogen-bond donors (Lipinski definition) is 1. The molecule has 0 aliphatic heterocycles. The fourth-order valence-electron chi connectivity index (χ4n) is 4.93. The van der Waals surface area contributed by atoms with E-state index in [2.05, 4.69) is 11.4 Å². The number of esters is 1. The Kier molecular flexibility index (Phi) is 6.74. The molecule has 3 aromatic carbocycles. The van der Waals surface area contributed by atoms with Crippen molar-refractivity contribution in [1.82, 2.24) is 10.3 Å². The molecule has 0 bridgehead atoms. The normalized spacial score (nSPS) is 14.6. The Bertz CT molecular complexity index is 1530. The summed E-state index contributed by atoms with van der Waals surface area (Å²) in [7, 11) is 1.64. The van der Waals surface area contributed by atoms with E-state index < -0.39 is 24.0 Å². The van der Waals surface area contributed by atoms with Crippen molar-refractivity contribution in [2.24, 2.45) is 0 Å². The number of ether oxygens (including phenoxy) is 2. The second-order valence-electron chi connectivity index (χ2n) is 9.38. The summed E-state index contributed by atoms with van der Waals surface area (Å²) < 4.78 is 10.7. The number of hydrogen-bond acceptors (Lipinski definition) is 6. The number of nitrogens with zero attached hydrogens (tertiary/aromatic N) is 2. The van der Waals surface area contributed by atoms with Gasteiger partial charge in [-0.2, -0.15) is 5.26 Å². The second-order valence-corrected chi connectivity index (χ2v) is 9.38. The van der Waals surface area contributed by atoms with E-state index >= 15 is 0 Å². The summed E-state index contributed by atoms with van der Waals surface area (Å²) in [5, 5.41) is 15.1. The van der Waals surface area contributed by atoms with Gasteiger partial charge in [-0.3, -0.25) is 4.79 Å². The van der Waals surface area contributed by atoms with Crippen LogP contribution in [0.5, 0.6) is 5.75 Å². The molecule has 37 heavy (non-hydrogen) atoms. The summed E-state index contributed by atoms with van der Waals surface area (Å²) in [6, 6.07) is 23.1. The van der Waals surface area contributed by atoms with E-state index in [9.17, 15) is 14.9 Å². The number of benzene rings is 3. The van der Waals surface area contributed by atoms with Crippen LogP contribution in [0.15, 0.2) is 66.7 Å². The number of para-hydroxylation sites is 1. The molecule has 1 saturated carbocycles. The van der Waals surface area contributed by atoms with E-state index in [0.717, 1.165) is 41.3 Å². The lowest BCUT2D eigenvalue weighted by atomic mass is 9.83. The fourth-order valence-corrected chi connectivity index (χ4v) is 4.93. The van der Waals surface area contributed by atoms with E-state index in [1.807, 2.05) is 60.7 Å². The molecule has 186 valence electrons. The van der Waals surface area contributed by atoms with Crippen LogP contribution in [0.4, 0.5) is 0 Å². The number of aromatic nitrogens is 1. The number of amides is 1. The Morgan fingerprint density at radius 3 is 2.54 bits per heavy atom. The van der Waals surface area contributed by atoms with Gasteiger partial charge in [-0.25, -0.2) is 9.78 Å². The van der Waals surface area contributed by atoms with Crippen LogP contribution < -0.4 is 10.1 Å². The quantitative estimate of drug-likeness (QED) is 0.353. The third-order valence-electron chi connectivity index (χ3n) is 6.91. The van der Waals surface area contributed by atoms with Crippen LogP contribution in [0.25, 0.3) is 32.9 Å². The first-order valence-electron chi connectivity index (χ1n) is 12.4. The Balaban J connectivity index is 1.40. The van der Waals surface area contributed by atoms with Gasteiger partial charge < -0.3 is 14.8 Å². The van der Waals surface area contributed by atoms with Crippen LogP contribution in [0.1, 0.15) is 42.5 Å². The molecule has 5 rings (SSSR count).